The maximum atomic E-state index is 12.5. The Bertz CT molecular complexity index is 1240. The van der Waals surface area contributed by atoms with Gasteiger partial charge in [-0.3, -0.25) is 10.1 Å². The van der Waals surface area contributed by atoms with Gasteiger partial charge in [-0.2, -0.15) is 0 Å². The quantitative estimate of drug-likeness (QED) is 0.414. The maximum Gasteiger partial charge on any atom is 0.250 e. The molecule has 0 aliphatic carbocycles. The average molecular weight is 413 g/mol. The molecule has 0 unspecified atom stereocenters. The highest BCUT2D eigenvalue weighted by molar-refractivity contribution is 7.22. The Hall–Kier alpha value is -2.83. The van der Waals surface area contributed by atoms with E-state index in [4.69, 9.17) is 20.8 Å². The van der Waals surface area contributed by atoms with Crippen molar-refractivity contribution in [1.29, 1.82) is 0 Å². The number of nitrogens with zero attached hydrogens (tertiary/aromatic N) is 1. The maximum absolute atomic E-state index is 12.5. The number of amides is 1. The molecule has 2 heterocycles. The number of benzene rings is 2. The van der Waals surface area contributed by atoms with Crippen LogP contribution in [-0.4, -0.2) is 18.0 Å². The number of fused-ring (bicyclic) bond motifs is 2. The molecule has 0 aliphatic rings. The molecule has 0 radical (unpaired) electrons. The third kappa shape index (κ3) is 3.48. The van der Waals surface area contributed by atoms with E-state index < -0.39 is 0 Å². The van der Waals surface area contributed by atoms with E-state index >= 15 is 0 Å². The molecule has 0 spiro atoms. The zero-order valence-electron chi connectivity index (χ0n) is 15.5. The van der Waals surface area contributed by atoms with Crippen molar-refractivity contribution in [2.75, 3.05) is 12.4 Å². The minimum atomic E-state index is -0.256. The van der Waals surface area contributed by atoms with Crippen molar-refractivity contribution in [3.63, 3.8) is 0 Å². The number of carbonyl (C=O) groups is 1. The van der Waals surface area contributed by atoms with Gasteiger partial charge < -0.3 is 9.15 Å². The second-order valence-electron chi connectivity index (χ2n) is 6.42. The van der Waals surface area contributed by atoms with Crippen molar-refractivity contribution in [2.45, 2.75) is 13.8 Å². The van der Waals surface area contributed by atoms with Crippen LogP contribution in [0.3, 0.4) is 0 Å². The lowest BCUT2D eigenvalue weighted by atomic mass is 10.0. The summed E-state index contributed by atoms with van der Waals surface area (Å²) in [4.78, 5) is 16.9. The fourth-order valence-corrected chi connectivity index (χ4v) is 4.17. The number of allylic oxidation sites excluding steroid dienone is 1. The number of furan rings is 1. The van der Waals surface area contributed by atoms with Gasteiger partial charge in [-0.25, -0.2) is 4.98 Å². The number of carbonyl (C=O) groups excluding carboxylic acids is 1. The molecular formula is C21H17ClN2O3S. The molecule has 2 aromatic carbocycles. The van der Waals surface area contributed by atoms with E-state index in [1.54, 1.807) is 19.4 Å². The van der Waals surface area contributed by atoms with E-state index in [2.05, 4.69) is 10.3 Å². The third-order valence-corrected chi connectivity index (χ3v) is 5.61. The molecule has 1 N–H and O–H groups in total. The number of thiazole rings is 1. The summed E-state index contributed by atoms with van der Waals surface area (Å²) >= 11 is 7.39. The number of methoxy groups -OCH3 is 1. The lowest BCUT2D eigenvalue weighted by molar-refractivity contribution is -0.111. The second-order valence-corrected chi connectivity index (χ2v) is 7.88. The Balaban J connectivity index is 1.63. The summed E-state index contributed by atoms with van der Waals surface area (Å²) in [5.74, 6) is 0.395. The third-order valence-electron chi connectivity index (χ3n) is 4.44. The number of rotatable bonds is 4. The molecule has 0 fully saturated rings. The fraction of sp³-hybridized carbons (Fsp3) is 0.143. The summed E-state index contributed by atoms with van der Waals surface area (Å²) in [6, 6.07) is 9.26. The molecule has 4 aromatic rings. The highest BCUT2D eigenvalue weighted by Gasteiger charge is 2.13. The number of halogens is 1. The topological polar surface area (TPSA) is 64.4 Å². The van der Waals surface area contributed by atoms with Crippen LogP contribution in [-0.2, 0) is 4.79 Å². The molecule has 0 saturated heterocycles. The molecule has 0 atom stereocenters. The van der Waals surface area contributed by atoms with Gasteiger partial charge in [0.1, 0.15) is 11.3 Å². The fourth-order valence-electron chi connectivity index (χ4n) is 3.03. The first kappa shape index (κ1) is 18.5. The van der Waals surface area contributed by atoms with Crippen LogP contribution in [0.25, 0.3) is 26.8 Å². The van der Waals surface area contributed by atoms with Crippen LogP contribution >= 0.6 is 22.9 Å². The first-order chi connectivity index (χ1) is 13.4. The van der Waals surface area contributed by atoms with Gasteiger partial charge in [0, 0.05) is 28.1 Å². The standard InChI is InChI=1S/C21H17ClN2O3S/c1-11(14-8-15-12(2)10-27-18(15)9-17(14)26-3)6-20(25)24-21-23-16-5-4-13(22)7-19(16)28-21/h4-10H,1-3H3,(H,23,24,25)/b11-6+. The summed E-state index contributed by atoms with van der Waals surface area (Å²) in [6.07, 6.45) is 3.25. The van der Waals surface area contributed by atoms with Gasteiger partial charge in [0.25, 0.3) is 0 Å². The van der Waals surface area contributed by atoms with Crippen molar-refractivity contribution in [1.82, 2.24) is 4.98 Å². The molecule has 2 aromatic heterocycles. The lowest BCUT2D eigenvalue weighted by Crippen LogP contribution is -2.08. The van der Waals surface area contributed by atoms with Crippen LogP contribution in [0.4, 0.5) is 5.13 Å². The minimum absolute atomic E-state index is 0.256. The predicted octanol–water partition coefficient (Wildman–Crippen LogP) is 6.05. The Labute approximate surface area is 170 Å². The average Bonchev–Trinajstić information content (AvgIpc) is 3.22. The van der Waals surface area contributed by atoms with Crippen LogP contribution in [0, 0.1) is 6.92 Å². The van der Waals surface area contributed by atoms with Gasteiger partial charge in [-0.15, -0.1) is 0 Å². The van der Waals surface area contributed by atoms with Gasteiger partial charge in [-0.05, 0) is 49.2 Å². The van der Waals surface area contributed by atoms with Gasteiger partial charge in [-0.1, -0.05) is 22.9 Å². The van der Waals surface area contributed by atoms with Gasteiger partial charge in [0.15, 0.2) is 5.13 Å². The minimum Gasteiger partial charge on any atom is -0.496 e. The second kappa shape index (κ2) is 7.30. The zero-order valence-corrected chi connectivity index (χ0v) is 17.1. The molecule has 0 saturated carbocycles. The molecule has 0 bridgehead atoms. The summed E-state index contributed by atoms with van der Waals surface area (Å²) < 4.78 is 11.9. The first-order valence-electron chi connectivity index (χ1n) is 8.56. The summed E-state index contributed by atoms with van der Waals surface area (Å²) in [5.41, 5.74) is 4.20. The first-order valence-corrected chi connectivity index (χ1v) is 9.75. The number of hydrogen-bond acceptors (Lipinski definition) is 5. The molecule has 1 amide bonds. The van der Waals surface area contributed by atoms with Crippen LogP contribution in [0.15, 0.2) is 47.1 Å². The van der Waals surface area contributed by atoms with E-state index in [-0.39, 0.29) is 5.91 Å². The molecule has 5 nitrogen and oxygen atoms in total. The number of ether oxygens (including phenoxy) is 1. The molecule has 7 heteroatoms. The van der Waals surface area contributed by atoms with Crippen molar-refractivity contribution in [3.05, 3.63) is 58.8 Å². The van der Waals surface area contributed by atoms with Crippen molar-refractivity contribution in [3.8, 4) is 5.75 Å². The Kier molecular flexibility index (Phi) is 4.83. The highest BCUT2D eigenvalue weighted by Crippen LogP contribution is 2.33. The van der Waals surface area contributed by atoms with E-state index in [1.165, 1.54) is 17.4 Å². The highest BCUT2D eigenvalue weighted by atomic mass is 35.5. The van der Waals surface area contributed by atoms with Crippen LogP contribution in [0.2, 0.25) is 5.02 Å². The Morgan fingerprint density at radius 2 is 2.14 bits per heavy atom. The van der Waals surface area contributed by atoms with Gasteiger partial charge >= 0.3 is 0 Å². The molecule has 142 valence electrons. The van der Waals surface area contributed by atoms with E-state index in [9.17, 15) is 4.79 Å². The van der Waals surface area contributed by atoms with Gasteiger partial charge in [0.2, 0.25) is 5.91 Å². The number of aromatic nitrogens is 1. The normalized spacial score (nSPS) is 11.9. The van der Waals surface area contributed by atoms with Crippen LogP contribution in [0.1, 0.15) is 18.1 Å². The molecule has 0 aliphatic heterocycles. The van der Waals surface area contributed by atoms with E-state index in [0.717, 1.165) is 37.9 Å². The zero-order chi connectivity index (χ0) is 19.8. The summed E-state index contributed by atoms with van der Waals surface area (Å²) in [5, 5.41) is 4.98. The number of hydrogen-bond donors (Lipinski definition) is 1. The van der Waals surface area contributed by atoms with E-state index in [1.807, 2.05) is 38.1 Å². The Morgan fingerprint density at radius 3 is 2.93 bits per heavy atom. The van der Waals surface area contributed by atoms with Gasteiger partial charge in [0.05, 0.1) is 23.6 Å². The van der Waals surface area contributed by atoms with Crippen molar-refractivity contribution >= 4 is 60.7 Å². The van der Waals surface area contributed by atoms with Crippen molar-refractivity contribution in [2.24, 2.45) is 0 Å². The van der Waals surface area contributed by atoms with Crippen LogP contribution < -0.4 is 10.1 Å². The monoisotopic (exact) mass is 412 g/mol. The number of anilines is 1. The molecular weight excluding hydrogens is 396 g/mol. The van der Waals surface area contributed by atoms with E-state index in [0.29, 0.717) is 15.9 Å². The van der Waals surface area contributed by atoms with Crippen LogP contribution in [0.5, 0.6) is 5.75 Å². The predicted molar refractivity (Wildman–Crippen MR) is 114 cm³/mol. The number of aryl methyl sites for hydroxylation is 1. The SMILES string of the molecule is COc1cc2occ(C)c2cc1/C(C)=C/C(=O)Nc1nc2ccc(Cl)cc2s1. The number of nitrogens with one attached hydrogen (secondary N) is 1. The smallest absolute Gasteiger partial charge is 0.250 e. The Morgan fingerprint density at radius 1 is 1.32 bits per heavy atom. The molecule has 4 rings (SSSR count). The molecule has 28 heavy (non-hydrogen) atoms. The largest absolute Gasteiger partial charge is 0.496 e. The van der Waals surface area contributed by atoms with Crippen molar-refractivity contribution < 1.29 is 13.9 Å². The lowest BCUT2D eigenvalue weighted by Gasteiger charge is -2.09. The summed E-state index contributed by atoms with van der Waals surface area (Å²) in [7, 11) is 1.60. The summed E-state index contributed by atoms with van der Waals surface area (Å²) in [6.45, 7) is 3.85.